The lowest BCUT2D eigenvalue weighted by Gasteiger charge is -2.21. The van der Waals surface area contributed by atoms with Gasteiger partial charge >= 0.3 is 0 Å². The molecule has 132 valence electrons. The summed E-state index contributed by atoms with van der Waals surface area (Å²) in [6.07, 6.45) is 3.87. The van der Waals surface area contributed by atoms with Gasteiger partial charge in [0.1, 0.15) is 11.5 Å². The van der Waals surface area contributed by atoms with E-state index in [1.807, 2.05) is 19.0 Å². The second kappa shape index (κ2) is 7.46. The second-order valence-corrected chi connectivity index (χ2v) is 6.31. The van der Waals surface area contributed by atoms with E-state index in [4.69, 9.17) is 0 Å². The monoisotopic (exact) mass is 343 g/mol. The van der Waals surface area contributed by atoms with E-state index >= 15 is 0 Å². The zero-order valence-corrected chi connectivity index (χ0v) is 14.5. The van der Waals surface area contributed by atoms with Crippen molar-refractivity contribution in [1.29, 1.82) is 0 Å². The lowest BCUT2D eigenvalue weighted by molar-refractivity contribution is -0.115. The van der Waals surface area contributed by atoms with Crippen LogP contribution in [0.3, 0.4) is 0 Å². The lowest BCUT2D eigenvalue weighted by Crippen LogP contribution is -2.24. The zero-order valence-electron chi connectivity index (χ0n) is 14.5. The molecule has 0 unspecified atom stereocenters. The van der Waals surface area contributed by atoms with E-state index in [0.717, 1.165) is 25.9 Å². The van der Waals surface area contributed by atoms with Crippen molar-refractivity contribution in [3.63, 3.8) is 0 Å². The summed E-state index contributed by atoms with van der Waals surface area (Å²) >= 11 is 0. The minimum absolute atomic E-state index is 0.0343. The van der Waals surface area contributed by atoms with Crippen molar-refractivity contribution in [3.05, 3.63) is 41.8 Å². The Balaban J connectivity index is 1.76. The molecule has 0 bridgehead atoms. The molecule has 6 nitrogen and oxygen atoms in total. The molecule has 1 fully saturated rings. The van der Waals surface area contributed by atoms with Crippen LogP contribution in [-0.4, -0.2) is 43.1 Å². The largest absolute Gasteiger partial charge is 0.361 e. The first-order valence-corrected chi connectivity index (χ1v) is 8.37. The topological polar surface area (TPSA) is 61.4 Å². The maximum Gasteiger partial charge on any atom is 0.229 e. The van der Waals surface area contributed by atoms with Gasteiger partial charge in [-0.25, -0.2) is 9.37 Å². The number of rotatable bonds is 5. The predicted octanol–water partition coefficient (Wildman–Crippen LogP) is 2.46. The van der Waals surface area contributed by atoms with Gasteiger partial charge in [-0.2, -0.15) is 4.98 Å². The molecule has 1 aromatic heterocycles. The summed E-state index contributed by atoms with van der Waals surface area (Å²) in [5, 5.41) is 2.79. The molecule has 2 heterocycles. The van der Waals surface area contributed by atoms with Crippen LogP contribution in [0, 0.1) is 5.82 Å². The van der Waals surface area contributed by atoms with Crippen molar-refractivity contribution in [1.82, 2.24) is 9.97 Å². The number of aromatic nitrogens is 2. The van der Waals surface area contributed by atoms with Gasteiger partial charge in [0.25, 0.3) is 0 Å². The Hall–Kier alpha value is -2.70. The number of hydrogen-bond acceptors (Lipinski definition) is 5. The van der Waals surface area contributed by atoms with Crippen molar-refractivity contribution in [3.8, 4) is 0 Å². The van der Waals surface area contributed by atoms with Crippen LogP contribution >= 0.6 is 0 Å². The second-order valence-electron chi connectivity index (χ2n) is 6.31. The first-order valence-electron chi connectivity index (χ1n) is 8.37. The first kappa shape index (κ1) is 17.1. The van der Waals surface area contributed by atoms with Crippen molar-refractivity contribution < 1.29 is 9.18 Å². The Bertz CT molecular complexity index is 759. The van der Waals surface area contributed by atoms with Crippen molar-refractivity contribution >= 4 is 23.4 Å². The fraction of sp³-hybridized carbons (Fsp3) is 0.389. The van der Waals surface area contributed by atoms with Crippen LogP contribution in [0.4, 0.5) is 21.8 Å². The van der Waals surface area contributed by atoms with Crippen molar-refractivity contribution in [2.75, 3.05) is 42.3 Å². The molecule has 1 aliphatic rings. The Morgan fingerprint density at radius 1 is 1.28 bits per heavy atom. The van der Waals surface area contributed by atoms with E-state index < -0.39 is 0 Å². The highest BCUT2D eigenvalue weighted by Gasteiger charge is 2.19. The average Bonchev–Trinajstić information content (AvgIpc) is 3.11. The van der Waals surface area contributed by atoms with Crippen LogP contribution in [0.15, 0.2) is 30.5 Å². The van der Waals surface area contributed by atoms with Gasteiger partial charge in [-0.05, 0) is 24.5 Å². The number of carbonyl (C=O) groups is 1. The molecule has 1 N–H and O–H groups in total. The fourth-order valence-corrected chi connectivity index (χ4v) is 2.87. The minimum Gasteiger partial charge on any atom is -0.361 e. The smallest absolute Gasteiger partial charge is 0.229 e. The summed E-state index contributed by atoms with van der Waals surface area (Å²) in [5.74, 6) is 0.629. The Morgan fingerprint density at radius 3 is 2.68 bits per heavy atom. The molecule has 1 aliphatic heterocycles. The summed E-state index contributed by atoms with van der Waals surface area (Å²) in [7, 11) is 3.73. The van der Waals surface area contributed by atoms with Gasteiger partial charge in [-0.3, -0.25) is 4.79 Å². The van der Waals surface area contributed by atoms with Crippen LogP contribution < -0.4 is 15.1 Å². The van der Waals surface area contributed by atoms with Gasteiger partial charge < -0.3 is 15.1 Å². The molecule has 2 aromatic rings. The number of carbonyl (C=O) groups excluding carboxylic acids is 1. The summed E-state index contributed by atoms with van der Waals surface area (Å²) in [6.45, 7) is 1.90. The van der Waals surface area contributed by atoms with Crippen molar-refractivity contribution in [2.45, 2.75) is 19.3 Å². The average molecular weight is 343 g/mol. The molecule has 0 aliphatic carbocycles. The van der Waals surface area contributed by atoms with E-state index in [-0.39, 0.29) is 18.1 Å². The number of anilines is 3. The van der Waals surface area contributed by atoms with Gasteiger partial charge in [0.15, 0.2) is 5.82 Å². The van der Waals surface area contributed by atoms with Gasteiger partial charge in [-0.15, -0.1) is 0 Å². The fourth-order valence-electron chi connectivity index (χ4n) is 2.87. The lowest BCUT2D eigenvalue weighted by atomic mass is 10.1. The maximum atomic E-state index is 13.7. The molecule has 1 amide bonds. The Labute approximate surface area is 146 Å². The van der Waals surface area contributed by atoms with Gasteiger partial charge in [0, 0.05) is 27.2 Å². The van der Waals surface area contributed by atoms with Gasteiger partial charge in [-0.1, -0.05) is 18.2 Å². The predicted molar refractivity (Wildman–Crippen MR) is 96.5 cm³/mol. The molecule has 0 spiro atoms. The molecular formula is C18H22FN5O. The third-order valence-corrected chi connectivity index (χ3v) is 4.15. The number of benzene rings is 1. The van der Waals surface area contributed by atoms with E-state index in [0.29, 0.717) is 23.0 Å². The van der Waals surface area contributed by atoms with E-state index in [2.05, 4.69) is 20.2 Å². The van der Waals surface area contributed by atoms with Crippen LogP contribution in [0.2, 0.25) is 0 Å². The minimum atomic E-state index is -0.383. The summed E-state index contributed by atoms with van der Waals surface area (Å²) in [6, 6.07) is 6.27. The quantitative estimate of drug-likeness (QED) is 0.904. The van der Waals surface area contributed by atoms with Crippen molar-refractivity contribution in [2.24, 2.45) is 0 Å². The van der Waals surface area contributed by atoms with Crippen LogP contribution in [0.5, 0.6) is 0 Å². The van der Waals surface area contributed by atoms with E-state index in [1.165, 1.54) is 6.07 Å². The molecule has 3 rings (SSSR count). The molecule has 7 heteroatoms. The molecule has 1 saturated heterocycles. The molecule has 1 aromatic carbocycles. The number of nitrogens with zero attached hydrogens (tertiary/aromatic N) is 4. The SMILES string of the molecule is CN(C)c1nc(N2CCCC2)ncc1NC(=O)Cc1ccccc1F. The molecule has 0 atom stereocenters. The third kappa shape index (κ3) is 4.04. The van der Waals surface area contributed by atoms with Crippen LogP contribution in [-0.2, 0) is 11.2 Å². The standard InChI is InChI=1S/C18H22FN5O/c1-23(2)17-15(12-20-18(22-17)24-9-5-6-10-24)21-16(25)11-13-7-3-4-8-14(13)19/h3-4,7-8,12H,5-6,9-11H2,1-2H3,(H,21,25). The zero-order chi connectivity index (χ0) is 17.8. The number of nitrogens with one attached hydrogen (secondary N) is 1. The van der Waals surface area contributed by atoms with Gasteiger partial charge in [0.2, 0.25) is 11.9 Å². The van der Waals surface area contributed by atoms with E-state index in [1.54, 1.807) is 24.4 Å². The third-order valence-electron chi connectivity index (χ3n) is 4.15. The van der Waals surface area contributed by atoms with Crippen LogP contribution in [0.25, 0.3) is 0 Å². The highest BCUT2D eigenvalue weighted by atomic mass is 19.1. The van der Waals surface area contributed by atoms with E-state index in [9.17, 15) is 9.18 Å². The number of amides is 1. The Kier molecular flexibility index (Phi) is 5.11. The Morgan fingerprint density at radius 2 is 2.00 bits per heavy atom. The number of hydrogen-bond donors (Lipinski definition) is 1. The molecule has 25 heavy (non-hydrogen) atoms. The highest BCUT2D eigenvalue weighted by molar-refractivity contribution is 5.94. The highest BCUT2D eigenvalue weighted by Crippen LogP contribution is 2.25. The normalized spacial score (nSPS) is 13.8. The first-order chi connectivity index (χ1) is 12.0. The molecule has 0 radical (unpaired) electrons. The summed E-state index contributed by atoms with van der Waals surface area (Å²) < 4.78 is 13.7. The van der Waals surface area contributed by atoms with Gasteiger partial charge in [0.05, 0.1) is 12.6 Å². The number of halogens is 1. The molecule has 0 saturated carbocycles. The summed E-state index contributed by atoms with van der Waals surface area (Å²) in [4.78, 5) is 25.2. The summed E-state index contributed by atoms with van der Waals surface area (Å²) in [5.41, 5.74) is 0.885. The molecular weight excluding hydrogens is 321 g/mol. The maximum absolute atomic E-state index is 13.7. The van der Waals surface area contributed by atoms with Crippen LogP contribution in [0.1, 0.15) is 18.4 Å².